The van der Waals surface area contributed by atoms with Gasteiger partial charge in [-0.3, -0.25) is 9.59 Å². The Morgan fingerprint density at radius 3 is 2.26 bits per heavy atom. The summed E-state index contributed by atoms with van der Waals surface area (Å²) < 4.78 is 5.73. The van der Waals surface area contributed by atoms with E-state index in [9.17, 15) is 9.59 Å². The molecule has 0 bridgehead atoms. The molecule has 1 N–H and O–H groups in total. The summed E-state index contributed by atoms with van der Waals surface area (Å²) in [4.78, 5) is 26.7. The van der Waals surface area contributed by atoms with Crippen LogP contribution in [0.5, 0.6) is 5.75 Å². The van der Waals surface area contributed by atoms with Gasteiger partial charge in [0.2, 0.25) is 0 Å². The van der Waals surface area contributed by atoms with Gasteiger partial charge in [0.1, 0.15) is 5.75 Å². The van der Waals surface area contributed by atoms with Crippen LogP contribution in [0.3, 0.4) is 0 Å². The summed E-state index contributed by atoms with van der Waals surface area (Å²) in [5.41, 5.74) is 1.75. The van der Waals surface area contributed by atoms with Crippen LogP contribution < -0.4 is 10.1 Å². The molecule has 2 amide bonds. The molecule has 144 valence electrons. The normalized spacial score (nSPS) is 10.3. The van der Waals surface area contributed by atoms with Crippen molar-refractivity contribution in [2.24, 2.45) is 0 Å². The zero-order chi connectivity index (χ0) is 19.6. The van der Waals surface area contributed by atoms with Gasteiger partial charge in [-0.05, 0) is 56.7 Å². The molecule has 0 fully saturated rings. The highest BCUT2D eigenvalue weighted by Gasteiger charge is 2.14. The van der Waals surface area contributed by atoms with Gasteiger partial charge in [0.05, 0.1) is 12.2 Å². The summed E-state index contributed by atoms with van der Waals surface area (Å²) in [6.45, 7) is 7.93. The van der Waals surface area contributed by atoms with Gasteiger partial charge < -0.3 is 15.0 Å². The molecule has 0 spiro atoms. The fourth-order valence-electron chi connectivity index (χ4n) is 2.69. The average Bonchev–Trinajstić information content (AvgIpc) is 2.70. The monoisotopic (exact) mass is 368 g/mol. The maximum Gasteiger partial charge on any atom is 0.259 e. The number of unbranched alkanes of at least 4 members (excludes halogenated alkanes) is 1. The number of nitrogens with one attached hydrogen (secondary N) is 1. The Hall–Kier alpha value is -2.82. The van der Waals surface area contributed by atoms with E-state index in [2.05, 4.69) is 12.2 Å². The van der Waals surface area contributed by atoms with Crippen molar-refractivity contribution >= 4 is 17.5 Å². The van der Waals surface area contributed by atoms with E-state index in [1.54, 1.807) is 41.3 Å². The summed E-state index contributed by atoms with van der Waals surface area (Å²) in [6, 6.07) is 14.2. The first-order valence-electron chi connectivity index (χ1n) is 9.53. The third-order valence-electron chi connectivity index (χ3n) is 4.33. The molecule has 2 rings (SSSR count). The lowest BCUT2D eigenvalue weighted by atomic mass is 10.1. The number of rotatable bonds is 9. The van der Waals surface area contributed by atoms with Crippen LogP contribution in [0.25, 0.3) is 0 Å². The van der Waals surface area contributed by atoms with Crippen LogP contribution in [0.2, 0.25) is 0 Å². The molecule has 0 aliphatic heterocycles. The molecule has 0 saturated heterocycles. The molecule has 0 unspecified atom stereocenters. The van der Waals surface area contributed by atoms with E-state index in [1.807, 2.05) is 26.0 Å². The quantitative estimate of drug-likeness (QED) is 0.658. The number of para-hydroxylation sites is 1. The second-order valence-electron chi connectivity index (χ2n) is 6.21. The summed E-state index contributed by atoms with van der Waals surface area (Å²) >= 11 is 0. The Kier molecular flexibility index (Phi) is 7.86. The highest BCUT2D eigenvalue weighted by molar-refractivity contribution is 6.06. The van der Waals surface area contributed by atoms with Gasteiger partial charge in [-0.2, -0.15) is 0 Å². The van der Waals surface area contributed by atoms with Crippen molar-refractivity contribution in [3.05, 3.63) is 59.7 Å². The Morgan fingerprint density at radius 2 is 1.63 bits per heavy atom. The Morgan fingerprint density at radius 1 is 0.963 bits per heavy atom. The lowest BCUT2D eigenvalue weighted by Gasteiger charge is -2.18. The van der Waals surface area contributed by atoms with Crippen LogP contribution in [0, 0.1) is 0 Å². The molecule has 0 aliphatic rings. The van der Waals surface area contributed by atoms with E-state index in [-0.39, 0.29) is 11.8 Å². The second-order valence-corrected chi connectivity index (χ2v) is 6.21. The summed E-state index contributed by atoms with van der Waals surface area (Å²) in [5, 5.41) is 2.87. The third kappa shape index (κ3) is 5.58. The van der Waals surface area contributed by atoms with E-state index >= 15 is 0 Å². The molecular formula is C22H28N2O3. The van der Waals surface area contributed by atoms with Crippen molar-refractivity contribution in [2.75, 3.05) is 25.0 Å². The summed E-state index contributed by atoms with van der Waals surface area (Å²) in [6.07, 6.45) is 1.98. The lowest BCUT2D eigenvalue weighted by Crippen LogP contribution is -2.30. The lowest BCUT2D eigenvalue weighted by molar-refractivity contribution is 0.0773. The molecule has 27 heavy (non-hydrogen) atoms. The van der Waals surface area contributed by atoms with Crippen LogP contribution in [-0.4, -0.2) is 36.4 Å². The first-order chi connectivity index (χ1) is 13.1. The maximum absolute atomic E-state index is 12.6. The van der Waals surface area contributed by atoms with Crippen molar-refractivity contribution in [3.8, 4) is 5.75 Å². The van der Waals surface area contributed by atoms with Gasteiger partial charge >= 0.3 is 0 Å². The molecule has 0 atom stereocenters. The smallest absolute Gasteiger partial charge is 0.259 e. The number of carbonyl (C=O) groups excluding carboxylic acids is 2. The number of amides is 2. The molecule has 0 aliphatic carbocycles. The van der Waals surface area contributed by atoms with Gasteiger partial charge in [0, 0.05) is 24.3 Å². The number of anilines is 1. The van der Waals surface area contributed by atoms with E-state index in [0.29, 0.717) is 42.3 Å². The van der Waals surface area contributed by atoms with E-state index in [4.69, 9.17) is 4.74 Å². The predicted octanol–water partition coefficient (Wildman–Crippen LogP) is 4.60. The highest BCUT2D eigenvalue weighted by atomic mass is 16.5. The van der Waals surface area contributed by atoms with Gasteiger partial charge in [-0.1, -0.05) is 25.5 Å². The van der Waals surface area contributed by atoms with Gasteiger partial charge in [0.25, 0.3) is 11.8 Å². The van der Waals surface area contributed by atoms with Gasteiger partial charge in [0.15, 0.2) is 0 Å². The predicted molar refractivity (Wildman–Crippen MR) is 108 cm³/mol. The third-order valence-corrected chi connectivity index (χ3v) is 4.33. The van der Waals surface area contributed by atoms with E-state index in [1.165, 1.54) is 0 Å². The topological polar surface area (TPSA) is 58.6 Å². The fraction of sp³-hybridized carbons (Fsp3) is 0.364. The molecule has 2 aromatic rings. The zero-order valence-electron chi connectivity index (χ0n) is 16.3. The summed E-state index contributed by atoms with van der Waals surface area (Å²) in [7, 11) is 0. The van der Waals surface area contributed by atoms with Crippen LogP contribution in [0.15, 0.2) is 48.5 Å². The molecule has 2 aromatic carbocycles. The van der Waals surface area contributed by atoms with Crippen LogP contribution in [0.4, 0.5) is 5.69 Å². The Balaban J connectivity index is 2.07. The number of benzene rings is 2. The molecular weight excluding hydrogens is 340 g/mol. The van der Waals surface area contributed by atoms with Crippen molar-refractivity contribution in [1.82, 2.24) is 4.90 Å². The minimum Gasteiger partial charge on any atom is -0.493 e. The highest BCUT2D eigenvalue weighted by Crippen LogP contribution is 2.20. The Labute approximate surface area is 161 Å². The van der Waals surface area contributed by atoms with Crippen LogP contribution >= 0.6 is 0 Å². The number of carbonyl (C=O) groups is 2. The molecule has 5 heteroatoms. The zero-order valence-corrected chi connectivity index (χ0v) is 16.3. The SMILES string of the molecule is CCCCOc1ccccc1C(=O)Nc1ccc(C(=O)N(CC)CC)cc1. The van der Waals surface area contributed by atoms with Gasteiger partial charge in [-0.25, -0.2) is 0 Å². The largest absolute Gasteiger partial charge is 0.493 e. The average molecular weight is 368 g/mol. The van der Waals surface area contributed by atoms with Crippen molar-refractivity contribution in [3.63, 3.8) is 0 Å². The number of hydrogen-bond acceptors (Lipinski definition) is 3. The molecule has 5 nitrogen and oxygen atoms in total. The van der Waals surface area contributed by atoms with E-state index in [0.717, 1.165) is 12.8 Å². The number of hydrogen-bond donors (Lipinski definition) is 1. The van der Waals surface area contributed by atoms with Crippen molar-refractivity contribution < 1.29 is 14.3 Å². The molecule has 0 saturated carbocycles. The minimum atomic E-state index is -0.232. The number of ether oxygens (including phenoxy) is 1. The molecule has 0 aromatic heterocycles. The van der Waals surface area contributed by atoms with Crippen molar-refractivity contribution in [2.45, 2.75) is 33.6 Å². The standard InChI is InChI=1S/C22H28N2O3/c1-4-7-16-27-20-11-9-8-10-19(20)21(25)23-18-14-12-17(13-15-18)22(26)24(5-2)6-3/h8-15H,4-7,16H2,1-3H3,(H,23,25). The molecule has 0 radical (unpaired) electrons. The summed E-state index contributed by atoms with van der Waals surface area (Å²) in [5.74, 6) is 0.342. The van der Waals surface area contributed by atoms with Gasteiger partial charge in [-0.15, -0.1) is 0 Å². The first kappa shape index (κ1) is 20.5. The van der Waals surface area contributed by atoms with Crippen LogP contribution in [0.1, 0.15) is 54.3 Å². The maximum atomic E-state index is 12.6. The van der Waals surface area contributed by atoms with E-state index < -0.39 is 0 Å². The fourth-order valence-corrected chi connectivity index (χ4v) is 2.69. The Bertz CT molecular complexity index is 752. The minimum absolute atomic E-state index is 0.00690. The molecule has 0 heterocycles. The van der Waals surface area contributed by atoms with Crippen molar-refractivity contribution in [1.29, 1.82) is 0 Å². The first-order valence-corrected chi connectivity index (χ1v) is 9.53. The number of nitrogens with zero attached hydrogens (tertiary/aromatic N) is 1. The second kappa shape index (κ2) is 10.4. The van der Waals surface area contributed by atoms with Crippen LogP contribution in [-0.2, 0) is 0 Å².